The van der Waals surface area contributed by atoms with Gasteiger partial charge < -0.3 is 14.4 Å². The van der Waals surface area contributed by atoms with Crippen molar-refractivity contribution in [3.05, 3.63) is 78.5 Å². The first-order valence-corrected chi connectivity index (χ1v) is 12.5. The van der Waals surface area contributed by atoms with Crippen LogP contribution in [0.5, 0.6) is 5.75 Å². The monoisotopic (exact) mass is 477 g/mol. The van der Waals surface area contributed by atoms with E-state index in [2.05, 4.69) is 61.2 Å². The number of anilines is 1. The predicted molar refractivity (Wildman–Crippen MR) is 145 cm³/mol. The van der Waals surface area contributed by atoms with Gasteiger partial charge in [-0.25, -0.2) is 0 Å². The molecular formula is C31H31N3O2. The number of hydrogen-bond donors (Lipinski definition) is 0. The smallest absolute Gasteiger partial charge is 0.138 e. The van der Waals surface area contributed by atoms with Crippen LogP contribution in [-0.2, 0) is 4.74 Å². The lowest BCUT2D eigenvalue weighted by Gasteiger charge is -2.36. The fraction of sp³-hybridized carbons (Fsp3) is 0.290. The molecule has 3 aromatic carbocycles. The number of ether oxygens (including phenoxy) is 2. The fourth-order valence-corrected chi connectivity index (χ4v) is 4.96. The molecule has 1 aliphatic rings. The van der Waals surface area contributed by atoms with E-state index in [0.29, 0.717) is 5.56 Å². The number of aromatic nitrogens is 1. The van der Waals surface area contributed by atoms with Gasteiger partial charge in [0, 0.05) is 41.5 Å². The molecular weight excluding hydrogens is 446 g/mol. The summed E-state index contributed by atoms with van der Waals surface area (Å²) in [6.45, 7) is 10.1. The normalized spacial score (nSPS) is 17.8. The van der Waals surface area contributed by atoms with Crippen molar-refractivity contribution in [1.29, 1.82) is 5.26 Å². The average molecular weight is 478 g/mol. The lowest BCUT2D eigenvalue weighted by molar-refractivity contribution is -0.00521. The Bertz CT molecular complexity index is 1400. The molecule has 0 saturated carbocycles. The molecule has 0 unspecified atom stereocenters. The standard InChI is InChI=1S/C31H31N3O2/c1-20(2)35-31-28-7-5-6-27(24-10-8-23(16-32)9-11-24)30(28)33-17-29(31)25-12-14-26(15-13-25)34-18-21(3)36-22(4)19-34/h5-15,17,20-22H,18-19H2,1-4H3/t21-,22+. The van der Waals surface area contributed by atoms with Crippen LogP contribution in [0.25, 0.3) is 33.2 Å². The number of benzene rings is 3. The highest BCUT2D eigenvalue weighted by molar-refractivity contribution is 6.00. The Balaban J connectivity index is 1.56. The van der Waals surface area contributed by atoms with Gasteiger partial charge in [0.25, 0.3) is 0 Å². The summed E-state index contributed by atoms with van der Waals surface area (Å²) < 4.78 is 12.3. The maximum Gasteiger partial charge on any atom is 0.138 e. The Hall–Kier alpha value is -3.88. The Morgan fingerprint density at radius 3 is 2.19 bits per heavy atom. The number of nitriles is 1. The van der Waals surface area contributed by atoms with Gasteiger partial charge in [0.15, 0.2) is 0 Å². The zero-order valence-electron chi connectivity index (χ0n) is 21.2. The molecule has 36 heavy (non-hydrogen) atoms. The van der Waals surface area contributed by atoms with Crippen molar-refractivity contribution in [2.45, 2.75) is 46.0 Å². The number of fused-ring (bicyclic) bond motifs is 1. The molecule has 2 atom stereocenters. The molecule has 5 rings (SSSR count). The third-order valence-corrected chi connectivity index (χ3v) is 6.49. The molecule has 0 bridgehead atoms. The van der Waals surface area contributed by atoms with E-state index in [1.807, 2.05) is 50.4 Å². The second kappa shape index (κ2) is 10.0. The minimum Gasteiger partial charge on any atom is -0.490 e. The van der Waals surface area contributed by atoms with Crippen LogP contribution in [0.15, 0.2) is 72.9 Å². The Kier molecular flexibility index (Phi) is 6.63. The van der Waals surface area contributed by atoms with Crippen LogP contribution in [0.4, 0.5) is 5.69 Å². The lowest BCUT2D eigenvalue weighted by Crippen LogP contribution is -2.45. The summed E-state index contributed by atoms with van der Waals surface area (Å²) in [7, 11) is 0. The maximum atomic E-state index is 9.16. The van der Waals surface area contributed by atoms with Crippen LogP contribution in [0, 0.1) is 11.3 Å². The highest BCUT2D eigenvalue weighted by Gasteiger charge is 2.23. The van der Waals surface area contributed by atoms with Gasteiger partial charge in [0.1, 0.15) is 5.75 Å². The van der Waals surface area contributed by atoms with Crippen LogP contribution in [0.1, 0.15) is 33.3 Å². The van der Waals surface area contributed by atoms with Crippen LogP contribution in [0.3, 0.4) is 0 Å². The number of rotatable bonds is 5. The third-order valence-electron chi connectivity index (χ3n) is 6.49. The van der Waals surface area contributed by atoms with Crippen molar-refractivity contribution in [2.75, 3.05) is 18.0 Å². The molecule has 4 aromatic rings. The predicted octanol–water partition coefficient (Wildman–Crippen LogP) is 6.84. The number of morpholine rings is 1. The molecule has 0 radical (unpaired) electrons. The summed E-state index contributed by atoms with van der Waals surface area (Å²) in [4.78, 5) is 7.29. The van der Waals surface area contributed by atoms with Crippen LogP contribution in [-0.4, -0.2) is 36.4 Å². The summed E-state index contributed by atoms with van der Waals surface area (Å²) >= 11 is 0. The highest BCUT2D eigenvalue weighted by Crippen LogP contribution is 2.40. The van der Waals surface area contributed by atoms with E-state index >= 15 is 0 Å². The molecule has 0 aliphatic carbocycles. The van der Waals surface area contributed by atoms with E-state index < -0.39 is 0 Å². The molecule has 0 amide bonds. The summed E-state index contributed by atoms with van der Waals surface area (Å²) in [5.41, 5.74) is 6.81. The van der Waals surface area contributed by atoms with Crippen molar-refractivity contribution in [3.63, 3.8) is 0 Å². The first-order chi connectivity index (χ1) is 17.4. The van der Waals surface area contributed by atoms with Crippen LogP contribution < -0.4 is 9.64 Å². The van der Waals surface area contributed by atoms with E-state index in [1.54, 1.807) is 0 Å². The van der Waals surface area contributed by atoms with Gasteiger partial charge >= 0.3 is 0 Å². The highest BCUT2D eigenvalue weighted by atomic mass is 16.5. The van der Waals surface area contributed by atoms with E-state index in [4.69, 9.17) is 19.7 Å². The molecule has 2 heterocycles. The minimum atomic E-state index is 0.0171. The molecule has 1 aliphatic heterocycles. The Morgan fingerprint density at radius 1 is 0.917 bits per heavy atom. The fourth-order valence-electron chi connectivity index (χ4n) is 4.96. The zero-order valence-corrected chi connectivity index (χ0v) is 21.2. The topological polar surface area (TPSA) is 58.4 Å². The van der Waals surface area contributed by atoms with E-state index in [1.165, 1.54) is 5.69 Å². The first-order valence-electron chi connectivity index (χ1n) is 12.5. The van der Waals surface area contributed by atoms with Gasteiger partial charge in [-0.15, -0.1) is 0 Å². The molecule has 1 aromatic heterocycles. The lowest BCUT2D eigenvalue weighted by atomic mass is 9.97. The number of nitrogens with zero attached hydrogens (tertiary/aromatic N) is 3. The number of para-hydroxylation sites is 1. The Morgan fingerprint density at radius 2 is 1.56 bits per heavy atom. The number of pyridine rings is 1. The third kappa shape index (κ3) is 4.78. The largest absolute Gasteiger partial charge is 0.490 e. The van der Waals surface area contributed by atoms with Crippen molar-refractivity contribution >= 4 is 16.6 Å². The summed E-state index contributed by atoms with van der Waals surface area (Å²) in [6.07, 6.45) is 2.37. The van der Waals surface area contributed by atoms with Gasteiger partial charge in [-0.2, -0.15) is 5.26 Å². The van der Waals surface area contributed by atoms with E-state index in [0.717, 1.165) is 52.0 Å². The second-order valence-corrected chi connectivity index (χ2v) is 9.77. The molecule has 1 saturated heterocycles. The van der Waals surface area contributed by atoms with Crippen molar-refractivity contribution < 1.29 is 9.47 Å². The van der Waals surface area contributed by atoms with Gasteiger partial charge in [-0.1, -0.05) is 36.4 Å². The molecule has 182 valence electrons. The summed E-state index contributed by atoms with van der Waals surface area (Å²) in [5, 5.41) is 10.1. The van der Waals surface area contributed by atoms with Gasteiger partial charge in [0.2, 0.25) is 0 Å². The van der Waals surface area contributed by atoms with Gasteiger partial charge in [0.05, 0.1) is 35.5 Å². The molecule has 1 fully saturated rings. The van der Waals surface area contributed by atoms with E-state index in [-0.39, 0.29) is 18.3 Å². The summed E-state index contributed by atoms with van der Waals surface area (Å²) in [6, 6.07) is 24.6. The van der Waals surface area contributed by atoms with Crippen molar-refractivity contribution in [3.8, 4) is 34.1 Å². The maximum absolute atomic E-state index is 9.16. The van der Waals surface area contributed by atoms with Gasteiger partial charge in [-0.3, -0.25) is 4.98 Å². The molecule has 5 heteroatoms. The average Bonchev–Trinajstić information content (AvgIpc) is 2.88. The quantitative estimate of drug-likeness (QED) is 0.315. The molecule has 0 spiro atoms. The number of hydrogen-bond acceptors (Lipinski definition) is 5. The van der Waals surface area contributed by atoms with Crippen molar-refractivity contribution in [2.24, 2.45) is 0 Å². The van der Waals surface area contributed by atoms with Crippen LogP contribution >= 0.6 is 0 Å². The Labute approximate surface area is 212 Å². The van der Waals surface area contributed by atoms with Crippen LogP contribution in [0.2, 0.25) is 0 Å². The first kappa shape index (κ1) is 23.8. The van der Waals surface area contributed by atoms with Crippen molar-refractivity contribution in [1.82, 2.24) is 4.98 Å². The zero-order chi connectivity index (χ0) is 25.2. The minimum absolute atomic E-state index is 0.0171. The van der Waals surface area contributed by atoms with Gasteiger partial charge in [-0.05, 0) is 69.2 Å². The van der Waals surface area contributed by atoms with E-state index in [9.17, 15) is 0 Å². The molecule has 0 N–H and O–H groups in total. The SMILES string of the molecule is CC(C)Oc1c(-c2ccc(N3C[C@@H](C)O[C@@H](C)C3)cc2)cnc2c(-c3ccc(C#N)cc3)cccc12. The second-order valence-electron chi connectivity index (χ2n) is 9.77. The molecule has 5 nitrogen and oxygen atoms in total. The summed E-state index contributed by atoms with van der Waals surface area (Å²) in [5.74, 6) is 0.840.